The SMILES string of the molecule is Cc1cccc(C(=O)N2CCC3(C2)C(=O)Nc2ccccc23)c1. The average molecular weight is 306 g/mol. The summed E-state index contributed by atoms with van der Waals surface area (Å²) in [5, 5.41) is 2.96. The first kappa shape index (κ1) is 14.0. The summed E-state index contributed by atoms with van der Waals surface area (Å²) >= 11 is 0. The minimum atomic E-state index is -0.587. The smallest absolute Gasteiger partial charge is 0.253 e. The molecule has 0 aliphatic carbocycles. The minimum Gasteiger partial charge on any atom is -0.337 e. The molecule has 116 valence electrons. The van der Waals surface area contributed by atoms with Gasteiger partial charge in [0.1, 0.15) is 0 Å². The van der Waals surface area contributed by atoms with Crippen molar-refractivity contribution in [1.82, 2.24) is 4.90 Å². The highest BCUT2D eigenvalue weighted by Crippen LogP contribution is 2.44. The van der Waals surface area contributed by atoms with Crippen molar-refractivity contribution in [1.29, 1.82) is 0 Å². The van der Waals surface area contributed by atoms with Gasteiger partial charge in [0, 0.05) is 24.3 Å². The molecule has 2 aliphatic heterocycles. The number of aryl methyl sites for hydroxylation is 1. The molecule has 4 rings (SSSR count). The second-order valence-corrected chi connectivity index (χ2v) is 6.43. The van der Waals surface area contributed by atoms with Crippen molar-refractivity contribution >= 4 is 17.5 Å². The Morgan fingerprint density at radius 3 is 2.83 bits per heavy atom. The van der Waals surface area contributed by atoms with Gasteiger partial charge in [-0.15, -0.1) is 0 Å². The maximum atomic E-state index is 12.8. The molecule has 2 aromatic carbocycles. The largest absolute Gasteiger partial charge is 0.337 e. The van der Waals surface area contributed by atoms with Crippen molar-refractivity contribution < 1.29 is 9.59 Å². The predicted molar refractivity (Wildman–Crippen MR) is 88.4 cm³/mol. The molecule has 1 unspecified atom stereocenters. The predicted octanol–water partition coefficient (Wildman–Crippen LogP) is 2.73. The Morgan fingerprint density at radius 1 is 1.17 bits per heavy atom. The van der Waals surface area contributed by atoms with E-state index < -0.39 is 5.41 Å². The number of carbonyl (C=O) groups excluding carboxylic acids is 2. The number of amides is 2. The Morgan fingerprint density at radius 2 is 2.00 bits per heavy atom. The van der Waals surface area contributed by atoms with Gasteiger partial charge in [-0.2, -0.15) is 0 Å². The van der Waals surface area contributed by atoms with E-state index in [0.717, 1.165) is 16.8 Å². The van der Waals surface area contributed by atoms with Gasteiger partial charge in [-0.3, -0.25) is 9.59 Å². The Bertz CT molecular complexity index is 815. The fourth-order valence-electron chi connectivity index (χ4n) is 3.72. The van der Waals surface area contributed by atoms with Crippen LogP contribution < -0.4 is 5.32 Å². The molecule has 1 spiro atoms. The summed E-state index contributed by atoms with van der Waals surface area (Å²) < 4.78 is 0. The lowest BCUT2D eigenvalue weighted by Gasteiger charge is -2.22. The molecule has 23 heavy (non-hydrogen) atoms. The Balaban J connectivity index is 1.65. The van der Waals surface area contributed by atoms with Crippen LogP contribution in [0, 0.1) is 6.92 Å². The third-order valence-electron chi connectivity index (χ3n) is 4.95. The third kappa shape index (κ3) is 2.05. The van der Waals surface area contributed by atoms with Crippen LogP contribution >= 0.6 is 0 Å². The zero-order valence-electron chi connectivity index (χ0n) is 13.0. The van der Waals surface area contributed by atoms with Gasteiger partial charge in [0.15, 0.2) is 0 Å². The number of nitrogens with zero attached hydrogens (tertiary/aromatic N) is 1. The number of nitrogens with one attached hydrogen (secondary N) is 1. The fourth-order valence-corrected chi connectivity index (χ4v) is 3.72. The highest BCUT2D eigenvalue weighted by Gasteiger charge is 2.51. The van der Waals surface area contributed by atoms with Crippen molar-refractivity contribution in [3.63, 3.8) is 0 Å². The quantitative estimate of drug-likeness (QED) is 0.880. The molecule has 0 saturated carbocycles. The number of hydrogen-bond acceptors (Lipinski definition) is 2. The summed E-state index contributed by atoms with van der Waals surface area (Å²) in [6.45, 7) is 3.03. The van der Waals surface area contributed by atoms with Crippen molar-refractivity contribution in [2.45, 2.75) is 18.8 Å². The monoisotopic (exact) mass is 306 g/mol. The van der Waals surface area contributed by atoms with Crippen molar-refractivity contribution in [3.05, 3.63) is 65.2 Å². The number of fused-ring (bicyclic) bond motifs is 2. The lowest BCUT2D eigenvalue weighted by atomic mass is 9.81. The number of anilines is 1. The zero-order valence-corrected chi connectivity index (χ0v) is 13.0. The molecule has 0 bridgehead atoms. The summed E-state index contributed by atoms with van der Waals surface area (Å²) in [6.07, 6.45) is 0.674. The van der Waals surface area contributed by atoms with Crippen LogP contribution in [0.5, 0.6) is 0 Å². The van der Waals surface area contributed by atoms with E-state index in [2.05, 4.69) is 5.32 Å². The van der Waals surface area contributed by atoms with Gasteiger partial charge in [-0.05, 0) is 37.1 Å². The first-order valence-electron chi connectivity index (χ1n) is 7.87. The van der Waals surface area contributed by atoms with E-state index in [4.69, 9.17) is 0 Å². The first-order valence-corrected chi connectivity index (χ1v) is 7.87. The molecule has 4 heteroatoms. The Labute approximate surface area is 135 Å². The second kappa shape index (κ2) is 4.95. The van der Waals surface area contributed by atoms with E-state index in [1.165, 1.54) is 0 Å². The van der Waals surface area contributed by atoms with E-state index in [0.29, 0.717) is 25.1 Å². The average Bonchev–Trinajstić information content (AvgIpc) is 3.11. The number of rotatable bonds is 1. The van der Waals surface area contributed by atoms with Gasteiger partial charge < -0.3 is 10.2 Å². The van der Waals surface area contributed by atoms with Crippen LogP contribution in [0.4, 0.5) is 5.69 Å². The lowest BCUT2D eigenvalue weighted by molar-refractivity contribution is -0.120. The molecule has 2 aromatic rings. The summed E-state index contributed by atoms with van der Waals surface area (Å²) in [7, 11) is 0. The van der Waals surface area contributed by atoms with E-state index in [9.17, 15) is 9.59 Å². The standard InChI is InChI=1S/C19H18N2O2/c1-13-5-4-6-14(11-13)17(22)21-10-9-19(12-21)15-7-2-3-8-16(15)20-18(19)23/h2-8,11H,9-10,12H2,1H3,(H,20,23). The van der Waals surface area contributed by atoms with Crippen molar-refractivity contribution in [2.24, 2.45) is 0 Å². The number of para-hydroxylation sites is 1. The van der Waals surface area contributed by atoms with E-state index in [-0.39, 0.29) is 11.8 Å². The highest BCUT2D eigenvalue weighted by atomic mass is 16.2. The Hall–Kier alpha value is -2.62. The molecule has 2 heterocycles. The molecule has 4 nitrogen and oxygen atoms in total. The van der Waals surface area contributed by atoms with Gasteiger partial charge in [0.05, 0.1) is 5.41 Å². The van der Waals surface area contributed by atoms with Crippen LogP contribution in [-0.4, -0.2) is 29.8 Å². The number of benzene rings is 2. The summed E-state index contributed by atoms with van der Waals surface area (Å²) in [5.74, 6) is 0.0148. The molecule has 1 fully saturated rings. The maximum absolute atomic E-state index is 12.8. The van der Waals surface area contributed by atoms with Crippen LogP contribution in [0.15, 0.2) is 48.5 Å². The van der Waals surface area contributed by atoms with Crippen LogP contribution in [0.25, 0.3) is 0 Å². The number of carbonyl (C=O) groups is 2. The molecular weight excluding hydrogens is 288 g/mol. The molecule has 1 atom stereocenters. The second-order valence-electron chi connectivity index (χ2n) is 6.43. The first-order chi connectivity index (χ1) is 11.1. The molecule has 2 aliphatic rings. The number of hydrogen-bond donors (Lipinski definition) is 1. The van der Waals surface area contributed by atoms with Gasteiger partial charge in [-0.25, -0.2) is 0 Å². The van der Waals surface area contributed by atoms with Crippen LogP contribution in [0.3, 0.4) is 0 Å². The van der Waals surface area contributed by atoms with Crippen LogP contribution in [-0.2, 0) is 10.2 Å². The zero-order chi connectivity index (χ0) is 16.0. The molecular formula is C19H18N2O2. The molecule has 0 aromatic heterocycles. The normalized spacial score (nSPS) is 22.3. The van der Waals surface area contributed by atoms with Gasteiger partial charge in [0.25, 0.3) is 5.91 Å². The molecule has 2 amide bonds. The Kier molecular flexibility index (Phi) is 3.01. The van der Waals surface area contributed by atoms with E-state index in [1.807, 2.05) is 55.5 Å². The van der Waals surface area contributed by atoms with E-state index >= 15 is 0 Å². The maximum Gasteiger partial charge on any atom is 0.253 e. The highest BCUT2D eigenvalue weighted by molar-refractivity contribution is 6.07. The fraction of sp³-hybridized carbons (Fsp3) is 0.263. The van der Waals surface area contributed by atoms with Crippen LogP contribution in [0.1, 0.15) is 27.9 Å². The van der Waals surface area contributed by atoms with Gasteiger partial charge in [0.2, 0.25) is 5.91 Å². The molecule has 1 saturated heterocycles. The molecule has 0 radical (unpaired) electrons. The topological polar surface area (TPSA) is 49.4 Å². The summed E-state index contributed by atoms with van der Waals surface area (Å²) in [4.78, 5) is 27.1. The summed E-state index contributed by atoms with van der Waals surface area (Å²) in [5.41, 5.74) is 3.06. The van der Waals surface area contributed by atoms with E-state index in [1.54, 1.807) is 4.90 Å². The van der Waals surface area contributed by atoms with Gasteiger partial charge in [-0.1, -0.05) is 35.9 Å². The van der Waals surface area contributed by atoms with Gasteiger partial charge >= 0.3 is 0 Å². The third-order valence-corrected chi connectivity index (χ3v) is 4.95. The number of likely N-dealkylation sites (tertiary alicyclic amines) is 1. The summed E-state index contributed by atoms with van der Waals surface area (Å²) in [6, 6.07) is 15.4. The van der Waals surface area contributed by atoms with Crippen LogP contribution in [0.2, 0.25) is 0 Å². The lowest BCUT2D eigenvalue weighted by Crippen LogP contribution is -2.39. The van der Waals surface area contributed by atoms with Crippen molar-refractivity contribution in [2.75, 3.05) is 18.4 Å². The molecule has 1 N–H and O–H groups in total. The van der Waals surface area contributed by atoms with Crippen molar-refractivity contribution in [3.8, 4) is 0 Å². The minimum absolute atomic E-state index is 0.00255.